The summed E-state index contributed by atoms with van der Waals surface area (Å²) in [6, 6.07) is 6.91. The van der Waals surface area contributed by atoms with Crippen LogP contribution in [0.15, 0.2) is 24.3 Å². The van der Waals surface area contributed by atoms with E-state index in [0.717, 1.165) is 18.8 Å². The predicted molar refractivity (Wildman–Crippen MR) is 72.4 cm³/mol. The Bertz CT molecular complexity index is 407. The second-order valence-corrected chi connectivity index (χ2v) is 5.95. The van der Waals surface area contributed by atoms with Gasteiger partial charge in [0.1, 0.15) is 5.82 Å². The molecule has 0 atom stereocenters. The molecule has 18 heavy (non-hydrogen) atoms. The number of hydrogen-bond donors (Lipinski definition) is 0. The van der Waals surface area contributed by atoms with E-state index in [0.29, 0.717) is 5.41 Å². The third-order valence-electron chi connectivity index (χ3n) is 4.65. The van der Waals surface area contributed by atoms with E-state index in [4.69, 9.17) is 0 Å². The Balaban J connectivity index is 1.65. The van der Waals surface area contributed by atoms with Crippen LogP contribution >= 0.6 is 0 Å². The quantitative estimate of drug-likeness (QED) is 0.754. The van der Waals surface area contributed by atoms with Crippen molar-refractivity contribution in [1.29, 1.82) is 0 Å². The molecule has 2 fully saturated rings. The van der Waals surface area contributed by atoms with Gasteiger partial charge < -0.3 is 9.80 Å². The minimum atomic E-state index is -0.148. The highest BCUT2D eigenvalue weighted by atomic mass is 19.1. The van der Waals surface area contributed by atoms with Gasteiger partial charge in [-0.1, -0.05) is 0 Å². The zero-order valence-corrected chi connectivity index (χ0v) is 11.0. The van der Waals surface area contributed by atoms with E-state index < -0.39 is 0 Å². The Hall–Kier alpha value is -1.09. The van der Waals surface area contributed by atoms with Crippen LogP contribution in [-0.4, -0.2) is 38.1 Å². The van der Waals surface area contributed by atoms with Crippen LogP contribution in [0.3, 0.4) is 0 Å². The van der Waals surface area contributed by atoms with Crippen LogP contribution in [0.4, 0.5) is 10.1 Å². The van der Waals surface area contributed by atoms with E-state index in [2.05, 4.69) is 16.8 Å². The third kappa shape index (κ3) is 2.24. The maximum atomic E-state index is 12.9. The van der Waals surface area contributed by atoms with Gasteiger partial charge in [0.25, 0.3) is 0 Å². The highest BCUT2D eigenvalue weighted by molar-refractivity contribution is 5.46. The molecule has 0 aromatic heterocycles. The van der Waals surface area contributed by atoms with E-state index in [1.165, 1.54) is 32.4 Å². The van der Waals surface area contributed by atoms with Gasteiger partial charge in [0.15, 0.2) is 0 Å². The highest BCUT2D eigenvalue weighted by Gasteiger charge is 2.39. The van der Waals surface area contributed by atoms with E-state index >= 15 is 0 Å². The van der Waals surface area contributed by atoms with Crippen molar-refractivity contribution in [1.82, 2.24) is 4.90 Å². The molecule has 3 rings (SSSR count). The fourth-order valence-electron chi connectivity index (χ4n) is 3.46. The summed E-state index contributed by atoms with van der Waals surface area (Å²) in [5.74, 6) is -0.148. The first-order valence-corrected chi connectivity index (χ1v) is 6.86. The van der Waals surface area contributed by atoms with Gasteiger partial charge in [0.2, 0.25) is 0 Å². The molecule has 1 aromatic rings. The van der Waals surface area contributed by atoms with Gasteiger partial charge in [0, 0.05) is 25.3 Å². The molecule has 1 aromatic carbocycles. The molecule has 2 saturated heterocycles. The van der Waals surface area contributed by atoms with Crippen molar-refractivity contribution < 1.29 is 4.39 Å². The average molecular weight is 248 g/mol. The van der Waals surface area contributed by atoms with E-state index in [9.17, 15) is 4.39 Å². The molecule has 2 nitrogen and oxygen atoms in total. The Morgan fingerprint density at radius 3 is 2.17 bits per heavy atom. The molecule has 0 saturated carbocycles. The summed E-state index contributed by atoms with van der Waals surface area (Å²) in [5, 5.41) is 0. The summed E-state index contributed by atoms with van der Waals surface area (Å²) in [5.41, 5.74) is 1.73. The summed E-state index contributed by atoms with van der Waals surface area (Å²) in [7, 11) is 2.22. The molecule has 0 amide bonds. The van der Waals surface area contributed by atoms with Crippen molar-refractivity contribution in [2.45, 2.75) is 19.3 Å². The van der Waals surface area contributed by atoms with Crippen LogP contribution in [-0.2, 0) is 0 Å². The normalized spacial score (nSPS) is 23.8. The van der Waals surface area contributed by atoms with Crippen LogP contribution < -0.4 is 4.90 Å². The maximum absolute atomic E-state index is 12.9. The first-order chi connectivity index (χ1) is 8.67. The van der Waals surface area contributed by atoms with E-state index in [-0.39, 0.29) is 5.82 Å². The first kappa shape index (κ1) is 12.0. The molecule has 0 aliphatic carbocycles. The third-order valence-corrected chi connectivity index (χ3v) is 4.65. The van der Waals surface area contributed by atoms with Gasteiger partial charge in [0.05, 0.1) is 0 Å². The topological polar surface area (TPSA) is 6.48 Å². The SMILES string of the molecule is CN1CCC2(CCN(c3ccc(F)cc3)CC2)C1. The van der Waals surface area contributed by atoms with Gasteiger partial charge in [-0.15, -0.1) is 0 Å². The molecule has 98 valence electrons. The van der Waals surface area contributed by atoms with Crippen molar-refractivity contribution in [2.75, 3.05) is 38.1 Å². The number of anilines is 1. The monoisotopic (exact) mass is 248 g/mol. The lowest BCUT2D eigenvalue weighted by Gasteiger charge is -2.40. The summed E-state index contributed by atoms with van der Waals surface area (Å²) in [6.45, 7) is 4.72. The van der Waals surface area contributed by atoms with Crippen LogP contribution in [0.2, 0.25) is 0 Å². The largest absolute Gasteiger partial charge is 0.371 e. The molecule has 0 N–H and O–H groups in total. The summed E-state index contributed by atoms with van der Waals surface area (Å²) in [4.78, 5) is 4.84. The standard InChI is InChI=1S/C15H21FN2/c1-17-9-6-15(12-17)7-10-18(11-8-15)14-4-2-13(16)3-5-14/h2-5H,6-12H2,1H3. The Morgan fingerprint density at radius 2 is 1.61 bits per heavy atom. The lowest BCUT2D eigenvalue weighted by atomic mass is 9.77. The number of rotatable bonds is 1. The smallest absolute Gasteiger partial charge is 0.123 e. The average Bonchev–Trinajstić information content (AvgIpc) is 2.73. The van der Waals surface area contributed by atoms with Gasteiger partial charge in [-0.05, 0) is 62.5 Å². The van der Waals surface area contributed by atoms with Crippen molar-refractivity contribution in [3.63, 3.8) is 0 Å². The van der Waals surface area contributed by atoms with E-state index in [1.54, 1.807) is 12.1 Å². The summed E-state index contributed by atoms with van der Waals surface area (Å²) >= 11 is 0. The zero-order chi connectivity index (χ0) is 12.6. The Labute approximate surface area is 108 Å². The Kier molecular flexibility index (Phi) is 3.02. The molecule has 0 bridgehead atoms. The zero-order valence-electron chi connectivity index (χ0n) is 11.0. The second-order valence-electron chi connectivity index (χ2n) is 5.95. The molecular formula is C15H21FN2. The minimum Gasteiger partial charge on any atom is -0.371 e. The van der Waals surface area contributed by atoms with Crippen molar-refractivity contribution in [3.8, 4) is 0 Å². The molecule has 1 spiro atoms. The number of halogens is 1. The summed E-state index contributed by atoms with van der Waals surface area (Å²) in [6.07, 6.45) is 3.89. The molecule has 3 heteroatoms. The molecule has 2 aliphatic rings. The lowest BCUT2D eigenvalue weighted by molar-refractivity contribution is 0.222. The second kappa shape index (κ2) is 4.54. The first-order valence-electron chi connectivity index (χ1n) is 6.86. The summed E-state index contributed by atoms with van der Waals surface area (Å²) < 4.78 is 12.9. The van der Waals surface area contributed by atoms with Gasteiger partial charge in [-0.3, -0.25) is 0 Å². The number of hydrogen-bond acceptors (Lipinski definition) is 2. The fourth-order valence-corrected chi connectivity index (χ4v) is 3.46. The van der Waals surface area contributed by atoms with Crippen molar-refractivity contribution in [2.24, 2.45) is 5.41 Å². The number of likely N-dealkylation sites (tertiary alicyclic amines) is 1. The van der Waals surface area contributed by atoms with Crippen molar-refractivity contribution in [3.05, 3.63) is 30.1 Å². The molecule has 0 unspecified atom stereocenters. The van der Waals surface area contributed by atoms with Gasteiger partial charge in [-0.25, -0.2) is 4.39 Å². The highest BCUT2D eigenvalue weighted by Crippen LogP contribution is 2.40. The minimum absolute atomic E-state index is 0.148. The fraction of sp³-hybridized carbons (Fsp3) is 0.600. The van der Waals surface area contributed by atoms with Gasteiger partial charge in [-0.2, -0.15) is 0 Å². The van der Waals surface area contributed by atoms with Crippen LogP contribution in [0.1, 0.15) is 19.3 Å². The molecular weight excluding hydrogens is 227 g/mol. The molecule has 0 radical (unpaired) electrons. The lowest BCUT2D eigenvalue weighted by Crippen LogP contribution is -2.41. The number of benzene rings is 1. The van der Waals surface area contributed by atoms with E-state index in [1.807, 2.05) is 12.1 Å². The number of piperidine rings is 1. The maximum Gasteiger partial charge on any atom is 0.123 e. The Morgan fingerprint density at radius 1 is 1.00 bits per heavy atom. The van der Waals surface area contributed by atoms with Crippen LogP contribution in [0.25, 0.3) is 0 Å². The number of nitrogens with zero attached hydrogens (tertiary/aromatic N) is 2. The molecule has 2 heterocycles. The van der Waals surface area contributed by atoms with Crippen LogP contribution in [0.5, 0.6) is 0 Å². The van der Waals surface area contributed by atoms with Crippen LogP contribution in [0, 0.1) is 11.2 Å². The van der Waals surface area contributed by atoms with Gasteiger partial charge >= 0.3 is 0 Å². The van der Waals surface area contributed by atoms with Crippen molar-refractivity contribution >= 4 is 5.69 Å². The predicted octanol–water partition coefficient (Wildman–Crippen LogP) is 2.75. The molecule has 2 aliphatic heterocycles.